The lowest BCUT2D eigenvalue weighted by atomic mass is 10.0. The molecule has 0 bridgehead atoms. The van der Waals surface area contributed by atoms with Gasteiger partial charge in [0.25, 0.3) is 5.91 Å². The van der Waals surface area contributed by atoms with E-state index in [2.05, 4.69) is 21.2 Å². The number of amides is 1. The van der Waals surface area contributed by atoms with Crippen molar-refractivity contribution >= 4 is 45.2 Å². The summed E-state index contributed by atoms with van der Waals surface area (Å²) in [4.78, 5) is 12.6. The van der Waals surface area contributed by atoms with Crippen LogP contribution in [0.3, 0.4) is 0 Å². The van der Waals surface area contributed by atoms with Gasteiger partial charge in [0, 0.05) is 27.2 Å². The predicted molar refractivity (Wildman–Crippen MR) is 128 cm³/mol. The average Bonchev–Trinajstić information content (AvgIpc) is 2.76. The first-order valence-electron chi connectivity index (χ1n) is 9.51. The summed E-state index contributed by atoms with van der Waals surface area (Å²) in [5.41, 5.74) is 4.28. The van der Waals surface area contributed by atoms with Gasteiger partial charge in [0.05, 0.1) is 7.11 Å². The van der Waals surface area contributed by atoms with Crippen LogP contribution in [0.4, 0.5) is 5.69 Å². The molecule has 1 N–H and O–H groups in total. The molecular formula is C25H20BrClN2O2. The number of rotatable bonds is 6. The van der Waals surface area contributed by atoms with Gasteiger partial charge in [0.1, 0.15) is 17.4 Å². The number of nitriles is 1. The number of anilines is 1. The van der Waals surface area contributed by atoms with Crippen LogP contribution in [0.5, 0.6) is 5.75 Å². The highest BCUT2D eigenvalue weighted by Crippen LogP contribution is 2.33. The van der Waals surface area contributed by atoms with Crippen LogP contribution in [0, 0.1) is 18.3 Å². The number of nitrogens with one attached hydrogen (secondary N) is 1. The molecule has 0 aliphatic carbocycles. The fraction of sp³-hybridized carbons (Fsp3) is 0.120. The Kier molecular flexibility index (Phi) is 7.51. The summed E-state index contributed by atoms with van der Waals surface area (Å²) in [5, 5.41) is 12.9. The minimum Gasteiger partial charge on any atom is -0.496 e. The van der Waals surface area contributed by atoms with E-state index in [1.54, 1.807) is 25.3 Å². The van der Waals surface area contributed by atoms with E-state index >= 15 is 0 Å². The quantitative estimate of drug-likeness (QED) is 0.311. The highest BCUT2D eigenvalue weighted by atomic mass is 79.9. The number of nitrogens with zero attached hydrogens (tertiary/aromatic N) is 1. The van der Waals surface area contributed by atoms with E-state index in [1.807, 2.05) is 55.5 Å². The van der Waals surface area contributed by atoms with Crippen molar-refractivity contribution in [1.82, 2.24) is 0 Å². The monoisotopic (exact) mass is 494 g/mol. The van der Waals surface area contributed by atoms with Gasteiger partial charge in [-0.2, -0.15) is 5.26 Å². The van der Waals surface area contributed by atoms with Crippen LogP contribution in [0.15, 0.2) is 70.7 Å². The minimum atomic E-state index is -0.471. The summed E-state index contributed by atoms with van der Waals surface area (Å²) >= 11 is 9.90. The molecule has 0 heterocycles. The van der Waals surface area contributed by atoms with Crippen molar-refractivity contribution in [2.75, 3.05) is 12.4 Å². The van der Waals surface area contributed by atoms with Crippen LogP contribution in [0.2, 0.25) is 5.02 Å². The lowest BCUT2D eigenvalue weighted by Crippen LogP contribution is -2.13. The van der Waals surface area contributed by atoms with E-state index in [0.29, 0.717) is 28.4 Å². The number of benzene rings is 3. The number of hydrogen-bond donors (Lipinski definition) is 1. The van der Waals surface area contributed by atoms with Crippen LogP contribution in [0.1, 0.15) is 22.3 Å². The molecule has 6 heteroatoms. The topological polar surface area (TPSA) is 62.1 Å². The molecule has 0 aliphatic rings. The smallest absolute Gasteiger partial charge is 0.266 e. The van der Waals surface area contributed by atoms with Gasteiger partial charge in [-0.3, -0.25) is 4.79 Å². The first-order valence-corrected chi connectivity index (χ1v) is 10.7. The van der Waals surface area contributed by atoms with Gasteiger partial charge >= 0.3 is 0 Å². The van der Waals surface area contributed by atoms with Crippen LogP contribution in [0.25, 0.3) is 6.08 Å². The fourth-order valence-electron chi connectivity index (χ4n) is 3.05. The van der Waals surface area contributed by atoms with Gasteiger partial charge in [-0.25, -0.2) is 0 Å². The summed E-state index contributed by atoms with van der Waals surface area (Å²) in [5.74, 6) is 0.165. The first kappa shape index (κ1) is 22.6. The van der Waals surface area contributed by atoms with Gasteiger partial charge in [-0.15, -0.1) is 0 Å². The Morgan fingerprint density at radius 3 is 2.55 bits per heavy atom. The van der Waals surface area contributed by atoms with Crippen molar-refractivity contribution < 1.29 is 9.53 Å². The van der Waals surface area contributed by atoms with Crippen molar-refractivity contribution in [3.05, 3.63) is 98.0 Å². The molecule has 0 unspecified atom stereocenters. The number of methoxy groups -OCH3 is 1. The highest BCUT2D eigenvalue weighted by Gasteiger charge is 2.14. The SMILES string of the molecule is COc1cc(/C=C(\C#N)C(=O)Nc2ccc(C)cc2)cc(Br)c1Cc1ccccc1Cl. The Bertz CT molecular complexity index is 1180. The summed E-state index contributed by atoms with van der Waals surface area (Å²) in [7, 11) is 1.58. The Hall–Kier alpha value is -3.07. The minimum absolute atomic E-state index is 0.00613. The zero-order chi connectivity index (χ0) is 22.4. The number of halogens is 2. The second-order valence-electron chi connectivity index (χ2n) is 6.94. The van der Waals surface area contributed by atoms with Gasteiger partial charge < -0.3 is 10.1 Å². The van der Waals surface area contributed by atoms with Crippen molar-refractivity contribution in [2.24, 2.45) is 0 Å². The molecule has 3 rings (SSSR count). The molecule has 0 aromatic heterocycles. The molecule has 4 nitrogen and oxygen atoms in total. The van der Waals surface area contributed by atoms with Crippen LogP contribution >= 0.6 is 27.5 Å². The Labute approximate surface area is 195 Å². The lowest BCUT2D eigenvalue weighted by Gasteiger charge is -2.13. The zero-order valence-corrected chi connectivity index (χ0v) is 19.4. The molecule has 0 saturated carbocycles. The number of ether oxygens (including phenoxy) is 1. The molecular weight excluding hydrogens is 476 g/mol. The van der Waals surface area contributed by atoms with E-state index in [9.17, 15) is 10.1 Å². The van der Waals surface area contributed by atoms with Crippen molar-refractivity contribution in [1.29, 1.82) is 5.26 Å². The second kappa shape index (κ2) is 10.3. The van der Waals surface area contributed by atoms with E-state index in [1.165, 1.54) is 6.08 Å². The standard InChI is InChI=1S/C25H20BrClN2O2/c1-16-7-9-20(10-8-16)29-25(30)19(15-28)11-17-12-22(26)21(24(13-17)31-2)14-18-5-3-4-6-23(18)27/h3-13H,14H2,1-2H3,(H,29,30)/b19-11+. The zero-order valence-electron chi connectivity index (χ0n) is 17.1. The number of aryl methyl sites for hydroxylation is 1. The largest absolute Gasteiger partial charge is 0.496 e. The van der Waals surface area contributed by atoms with Crippen molar-refractivity contribution in [2.45, 2.75) is 13.3 Å². The second-order valence-corrected chi connectivity index (χ2v) is 8.20. The number of carbonyl (C=O) groups excluding carboxylic acids is 1. The summed E-state index contributed by atoms with van der Waals surface area (Å²) in [6.45, 7) is 1.97. The summed E-state index contributed by atoms with van der Waals surface area (Å²) < 4.78 is 6.38. The molecule has 0 aliphatic heterocycles. The van der Waals surface area contributed by atoms with E-state index < -0.39 is 5.91 Å². The molecule has 0 spiro atoms. The van der Waals surface area contributed by atoms with E-state index in [4.69, 9.17) is 16.3 Å². The fourth-order valence-corrected chi connectivity index (χ4v) is 3.85. The Balaban J connectivity index is 1.89. The maximum atomic E-state index is 12.6. The third kappa shape index (κ3) is 5.75. The number of carbonyl (C=O) groups is 1. The summed E-state index contributed by atoms with van der Waals surface area (Å²) in [6.07, 6.45) is 2.11. The molecule has 3 aromatic carbocycles. The average molecular weight is 496 g/mol. The predicted octanol–water partition coefficient (Wildman–Crippen LogP) is 6.56. The Morgan fingerprint density at radius 2 is 1.90 bits per heavy atom. The lowest BCUT2D eigenvalue weighted by molar-refractivity contribution is -0.112. The molecule has 1 amide bonds. The first-order chi connectivity index (χ1) is 14.9. The van der Waals surface area contributed by atoms with Gasteiger partial charge in [0.2, 0.25) is 0 Å². The van der Waals surface area contributed by atoms with Gasteiger partial charge in [-0.05, 0) is 54.5 Å². The van der Waals surface area contributed by atoms with Crippen LogP contribution in [-0.4, -0.2) is 13.0 Å². The van der Waals surface area contributed by atoms with Crippen LogP contribution < -0.4 is 10.1 Å². The molecule has 3 aromatic rings. The number of hydrogen-bond acceptors (Lipinski definition) is 3. The third-order valence-electron chi connectivity index (χ3n) is 4.71. The molecule has 0 saturated heterocycles. The van der Waals surface area contributed by atoms with E-state index in [0.717, 1.165) is 21.2 Å². The molecule has 0 radical (unpaired) electrons. The van der Waals surface area contributed by atoms with Gasteiger partial charge in [0.15, 0.2) is 0 Å². The van der Waals surface area contributed by atoms with Crippen molar-refractivity contribution in [3.8, 4) is 11.8 Å². The maximum absolute atomic E-state index is 12.6. The third-order valence-corrected chi connectivity index (χ3v) is 5.78. The molecule has 31 heavy (non-hydrogen) atoms. The highest BCUT2D eigenvalue weighted by molar-refractivity contribution is 9.10. The van der Waals surface area contributed by atoms with Gasteiger partial charge in [-0.1, -0.05) is 63.4 Å². The molecule has 156 valence electrons. The Morgan fingerprint density at radius 1 is 1.19 bits per heavy atom. The summed E-state index contributed by atoms with van der Waals surface area (Å²) in [6, 6.07) is 20.6. The normalized spacial score (nSPS) is 11.0. The maximum Gasteiger partial charge on any atom is 0.266 e. The molecule has 0 atom stereocenters. The van der Waals surface area contributed by atoms with Crippen LogP contribution in [-0.2, 0) is 11.2 Å². The molecule has 0 fully saturated rings. The van der Waals surface area contributed by atoms with E-state index in [-0.39, 0.29) is 5.57 Å². The van der Waals surface area contributed by atoms with Crippen molar-refractivity contribution in [3.63, 3.8) is 0 Å².